The quantitative estimate of drug-likeness (QED) is 0.556. The number of anilines is 1. The van der Waals surface area contributed by atoms with Gasteiger partial charge in [0.25, 0.3) is 5.91 Å². The second-order valence-corrected chi connectivity index (χ2v) is 6.97. The van der Waals surface area contributed by atoms with Gasteiger partial charge in [-0.05, 0) is 61.1 Å². The van der Waals surface area contributed by atoms with Gasteiger partial charge in [-0.25, -0.2) is 0 Å². The normalized spacial score (nSPS) is 10.2. The van der Waals surface area contributed by atoms with Crippen molar-refractivity contribution in [1.29, 1.82) is 0 Å². The van der Waals surface area contributed by atoms with E-state index in [0.29, 0.717) is 16.3 Å². The first-order chi connectivity index (χ1) is 13.5. The molecule has 4 nitrogen and oxygen atoms in total. The van der Waals surface area contributed by atoms with Crippen molar-refractivity contribution in [3.05, 3.63) is 94.5 Å². The highest BCUT2D eigenvalue weighted by Gasteiger charge is 2.13. The Hall–Kier alpha value is -2.89. The van der Waals surface area contributed by atoms with Crippen LogP contribution in [-0.2, 0) is 6.61 Å². The van der Waals surface area contributed by atoms with E-state index < -0.39 is 0 Å². The monoisotopic (exact) mass is 410 g/mol. The van der Waals surface area contributed by atoms with E-state index >= 15 is 0 Å². The van der Waals surface area contributed by atoms with Crippen molar-refractivity contribution in [2.24, 2.45) is 0 Å². The third-order valence-electron chi connectivity index (χ3n) is 4.09. The van der Waals surface area contributed by atoms with E-state index in [1.165, 1.54) is 0 Å². The third-order valence-corrected chi connectivity index (χ3v) is 4.55. The Bertz CT molecular complexity index is 990. The zero-order chi connectivity index (χ0) is 19.9. The van der Waals surface area contributed by atoms with Crippen LogP contribution < -0.4 is 15.4 Å². The minimum atomic E-state index is -0.290. The molecular weight excluding hydrogens is 392 g/mol. The van der Waals surface area contributed by atoms with Gasteiger partial charge in [0.15, 0.2) is 5.11 Å². The van der Waals surface area contributed by atoms with Crippen molar-refractivity contribution in [2.75, 3.05) is 5.32 Å². The van der Waals surface area contributed by atoms with E-state index in [0.717, 1.165) is 16.8 Å². The molecule has 0 spiro atoms. The molecular formula is C22H19ClN2O2S. The number of aryl methyl sites for hydroxylation is 1. The van der Waals surface area contributed by atoms with Crippen LogP contribution in [0.1, 0.15) is 21.5 Å². The Morgan fingerprint density at radius 1 is 1.00 bits per heavy atom. The van der Waals surface area contributed by atoms with E-state index in [1.807, 2.05) is 43.3 Å². The predicted molar refractivity (Wildman–Crippen MR) is 117 cm³/mol. The number of benzene rings is 3. The second-order valence-electron chi connectivity index (χ2n) is 6.12. The minimum absolute atomic E-state index is 0.243. The molecule has 0 atom stereocenters. The number of carbonyl (C=O) groups is 1. The van der Waals surface area contributed by atoms with Crippen LogP contribution in [0.2, 0.25) is 5.02 Å². The third kappa shape index (κ3) is 5.31. The lowest BCUT2D eigenvalue weighted by molar-refractivity contribution is 0.0975. The number of halogens is 1. The van der Waals surface area contributed by atoms with Crippen molar-refractivity contribution in [1.82, 2.24) is 5.32 Å². The topological polar surface area (TPSA) is 50.4 Å². The summed E-state index contributed by atoms with van der Waals surface area (Å²) in [6.07, 6.45) is 0. The van der Waals surface area contributed by atoms with Crippen molar-refractivity contribution >= 4 is 40.5 Å². The van der Waals surface area contributed by atoms with Gasteiger partial charge < -0.3 is 10.1 Å². The van der Waals surface area contributed by atoms with E-state index in [9.17, 15) is 4.79 Å². The van der Waals surface area contributed by atoms with E-state index in [1.54, 1.807) is 36.4 Å². The summed E-state index contributed by atoms with van der Waals surface area (Å²) in [6.45, 7) is 2.22. The van der Waals surface area contributed by atoms with Crippen LogP contribution in [-0.4, -0.2) is 11.0 Å². The molecule has 3 aromatic carbocycles. The number of hydrogen-bond donors (Lipinski definition) is 2. The number of nitrogens with one attached hydrogen (secondary N) is 2. The van der Waals surface area contributed by atoms with Crippen molar-refractivity contribution in [3.63, 3.8) is 0 Å². The Labute approximate surface area is 174 Å². The van der Waals surface area contributed by atoms with E-state index in [-0.39, 0.29) is 17.6 Å². The number of ether oxygens (including phenoxy) is 1. The lowest BCUT2D eigenvalue weighted by Gasteiger charge is -2.14. The summed E-state index contributed by atoms with van der Waals surface area (Å²) in [7, 11) is 0. The molecule has 0 unspecified atom stereocenters. The first kappa shape index (κ1) is 19.9. The van der Waals surface area contributed by atoms with Crippen LogP contribution in [0.3, 0.4) is 0 Å². The highest BCUT2D eigenvalue weighted by atomic mass is 35.5. The van der Waals surface area contributed by atoms with Gasteiger partial charge in [-0.2, -0.15) is 0 Å². The number of hydrogen-bond acceptors (Lipinski definition) is 3. The molecule has 142 valence electrons. The van der Waals surface area contributed by atoms with Crippen LogP contribution in [0.5, 0.6) is 5.75 Å². The molecule has 0 saturated heterocycles. The molecule has 3 aromatic rings. The van der Waals surface area contributed by atoms with Gasteiger partial charge in [0, 0.05) is 21.8 Å². The molecule has 1 amide bonds. The molecule has 0 radical (unpaired) electrons. The molecule has 0 heterocycles. The van der Waals surface area contributed by atoms with Crippen molar-refractivity contribution in [3.8, 4) is 5.75 Å². The summed E-state index contributed by atoms with van der Waals surface area (Å²) in [6, 6.07) is 22.1. The highest BCUT2D eigenvalue weighted by Crippen LogP contribution is 2.18. The fourth-order valence-electron chi connectivity index (χ4n) is 2.60. The number of para-hydroxylation sites is 1. The molecule has 3 rings (SSSR count). The molecule has 28 heavy (non-hydrogen) atoms. The van der Waals surface area contributed by atoms with Crippen molar-refractivity contribution in [2.45, 2.75) is 13.5 Å². The predicted octanol–water partition coefficient (Wildman–Crippen LogP) is 5.35. The average molecular weight is 411 g/mol. The Morgan fingerprint density at radius 2 is 1.68 bits per heavy atom. The molecule has 0 aliphatic rings. The molecule has 0 aromatic heterocycles. The summed E-state index contributed by atoms with van der Waals surface area (Å²) in [4.78, 5) is 12.7. The van der Waals surface area contributed by atoms with Gasteiger partial charge in [0.2, 0.25) is 0 Å². The van der Waals surface area contributed by atoms with E-state index in [4.69, 9.17) is 28.6 Å². The van der Waals surface area contributed by atoms with Crippen LogP contribution in [0.25, 0.3) is 0 Å². The maximum Gasteiger partial charge on any atom is 0.257 e. The van der Waals surface area contributed by atoms with Crippen LogP contribution >= 0.6 is 23.8 Å². The summed E-state index contributed by atoms with van der Waals surface area (Å²) >= 11 is 11.2. The summed E-state index contributed by atoms with van der Waals surface area (Å²) in [5, 5.41) is 6.66. The Kier molecular flexibility index (Phi) is 6.63. The minimum Gasteiger partial charge on any atom is -0.489 e. The molecule has 0 fully saturated rings. The first-order valence-electron chi connectivity index (χ1n) is 8.67. The summed E-state index contributed by atoms with van der Waals surface area (Å²) in [5.41, 5.74) is 3.15. The lowest BCUT2D eigenvalue weighted by Crippen LogP contribution is -2.34. The molecule has 2 N–H and O–H groups in total. The second kappa shape index (κ2) is 9.35. The largest absolute Gasteiger partial charge is 0.489 e. The van der Waals surface area contributed by atoms with Gasteiger partial charge >= 0.3 is 0 Å². The number of rotatable bonds is 5. The van der Waals surface area contributed by atoms with Crippen LogP contribution in [0.4, 0.5) is 5.69 Å². The highest BCUT2D eigenvalue weighted by molar-refractivity contribution is 7.80. The SMILES string of the molecule is Cc1ccccc1NC(=S)NC(=O)c1ccccc1COc1ccc(Cl)cc1. The molecule has 6 heteroatoms. The molecule has 0 saturated carbocycles. The Balaban J connectivity index is 1.65. The number of amides is 1. The standard InChI is InChI=1S/C22H19ClN2O2S/c1-15-6-2-5-9-20(15)24-22(28)25-21(26)19-8-4-3-7-16(19)14-27-18-12-10-17(23)11-13-18/h2-13H,14H2,1H3,(H2,24,25,26,28). The molecule has 0 aliphatic carbocycles. The van der Waals surface area contributed by atoms with Gasteiger partial charge in [0.1, 0.15) is 12.4 Å². The fraction of sp³-hybridized carbons (Fsp3) is 0.0909. The van der Waals surface area contributed by atoms with Crippen molar-refractivity contribution < 1.29 is 9.53 Å². The van der Waals surface area contributed by atoms with Gasteiger partial charge in [-0.15, -0.1) is 0 Å². The van der Waals surface area contributed by atoms with Gasteiger partial charge in [-0.1, -0.05) is 48.0 Å². The maximum atomic E-state index is 12.7. The van der Waals surface area contributed by atoms with E-state index in [2.05, 4.69) is 10.6 Å². The number of thiocarbonyl (C=S) groups is 1. The summed E-state index contributed by atoms with van der Waals surface area (Å²) < 4.78 is 5.77. The van der Waals surface area contributed by atoms with Gasteiger partial charge in [-0.3, -0.25) is 10.1 Å². The van der Waals surface area contributed by atoms with Gasteiger partial charge in [0.05, 0.1) is 0 Å². The number of carbonyl (C=O) groups excluding carboxylic acids is 1. The zero-order valence-electron chi connectivity index (χ0n) is 15.2. The summed E-state index contributed by atoms with van der Waals surface area (Å²) in [5.74, 6) is 0.387. The maximum absolute atomic E-state index is 12.7. The fourth-order valence-corrected chi connectivity index (χ4v) is 2.93. The van der Waals surface area contributed by atoms with Crippen LogP contribution in [0.15, 0.2) is 72.8 Å². The smallest absolute Gasteiger partial charge is 0.257 e. The molecule has 0 aliphatic heterocycles. The first-order valence-corrected chi connectivity index (χ1v) is 9.46. The average Bonchev–Trinajstić information content (AvgIpc) is 2.69. The Morgan fingerprint density at radius 3 is 2.43 bits per heavy atom. The molecule has 0 bridgehead atoms. The lowest BCUT2D eigenvalue weighted by atomic mass is 10.1. The van der Waals surface area contributed by atoms with Crippen LogP contribution in [0, 0.1) is 6.92 Å². The zero-order valence-corrected chi connectivity index (χ0v) is 16.8.